The lowest BCUT2D eigenvalue weighted by molar-refractivity contribution is -0.139. The molecule has 2 aromatic carbocycles. The molecule has 2 aromatic rings. The summed E-state index contributed by atoms with van der Waals surface area (Å²) in [4.78, 5) is 25.8. The summed E-state index contributed by atoms with van der Waals surface area (Å²) in [6, 6.07) is 14.3. The fourth-order valence-corrected chi connectivity index (χ4v) is 3.01. The maximum absolute atomic E-state index is 12.6. The normalized spacial score (nSPS) is 10.6. The van der Waals surface area contributed by atoms with Crippen molar-refractivity contribution < 1.29 is 19.4 Å². The Morgan fingerprint density at radius 2 is 1.68 bits per heavy atom. The van der Waals surface area contributed by atoms with Crippen LogP contribution in [0, 0.1) is 0 Å². The summed E-state index contributed by atoms with van der Waals surface area (Å²) in [6.45, 7) is 3.86. The average molecular weight is 359 g/mol. The Bertz CT molecular complexity index is 726. The molecule has 5 nitrogen and oxygen atoms in total. The van der Waals surface area contributed by atoms with Gasteiger partial charge in [-0.25, -0.2) is 4.79 Å². The standard InChI is InChI=1S/C19H21NO4S/c1-13(2)25-17-10-4-14(5-11-17)19(23)20(3)15-6-8-16(9-7-15)24-12-18(21)22/h4-11,13H,12H2,1-3H3,(H,21,22). The molecule has 0 radical (unpaired) electrons. The van der Waals surface area contributed by atoms with Gasteiger partial charge in [-0.05, 0) is 48.5 Å². The van der Waals surface area contributed by atoms with Crippen LogP contribution in [0.2, 0.25) is 0 Å². The largest absolute Gasteiger partial charge is 0.482 e. The molecule has 0 aliphatic rings. The van der Waals surface area contributed by atoms with E-state index in [2.05, 4.69) is 13.8 Å². The fourth-order valence-electron chi connectivity index (χ4n) is 2.17. The van der Waals surface area contributed by atoms with Gasteiger partial charge in [-0.2, -0.15) is 0 Å². The van der Waals surface area contributed by atoms with Crippen LogP contribution in [0.25, 0.3) is 0 Å². The predicted octanol–water partition coefficient (Wildman–Crippen LogP) is 3.93. The summed E-state index contributed by atoms with van der Waals surface area (Å²) < 4.78 is 5.09. The lowest BCUT2D eigenvalue weighted by Gasteiger charge is -2.18. The zero-order valence-corrected chi connectivity index (χ0v) is 15.2. The first-order valence-corrected chi connectivity index (χ1v) is 8.74. The van der Waals surface area contributed by atoms with Crippen molar-refractivity contribution in [2.24, 2.45) is 0 Å². The second kappa shape index (κ2) is 8.58. The molecule has 0 fully saturated rings. The molecule has 2 rings (SSSR count). The van der Waals surface area contributed by atoms with Gasteiger partial charge < -0.3 is 14.7 Å². The minimum atomic E-state index is -1.03. The van der Waals surface area contributed by atoms with Crippen LogP contribution in [0.1, 0.15) is 24.2 Å². The number of hydrogen-bond donors (Lipinski definition) is 1. The van der Waals surface area contributed by atoms with Crippen LogP contribution >= 0.6 is 11.8 Å². The Morgan fingerprint density at radius 3 is 2.20 bits per heavy atom. The van der Waals surface area contributed by atoms with Crippen molar-refractivity contribution >= 4 is 29.3 Å². The molecule has 0 bridgehead atoms. The molecule has 6 heteroatoms. The maximum Gasteiger partial charge on any atom is 0.341 e. The van der Waals surface area contributed by atoms with Crippen LogP contribution in [-0.4, -0.2) is 35.9 Å². The summed E-state index contributed by atoms with van der Waals surface area (Å²) in [5.41, 5.74) is 1.31. The van der Waals surface area contributed by atoms with E-state index in [0.717, 1.165) is 4.90 Å². The van der Waals surface area contributed by atoms with Gasteiger partial charge in [0.25, 0.3) is 5.91 Å². The van der Waals surface area contributed by atoms with Gasteiger partial charge in [0, 0.05) is 28.4 Å². The Balaban J connectivity index is 2.04. The second-order valence-corrected chi connectivity index (χ2v) is 7.38. The minimum Gasteiger partial charge on any atom is -0.482 e. The smallest absolute Gasteiger partial charge is 0.341 e. The van der Waals surface area contributed by atoms with Crippen molar-refractivity contribution in [1.82, 2.24) is 0 Å². The van der Waals surface area contributed by atoms with Gasteiger partial charge in [0.05, 0.1) is 0 Å². The Morgan fingerprint density at radius 1 is 1.08 bits per heavy atom. The number of carboxylic acids is 1. The summed E-state index contributed by atoms with van der Waals surface area (Å²) in [5.74, 6) is -0.696. The number of anilines is 1. The topological polar surface area (TPSA) is 66.8 Å². The number of carbonyl (C=O) groups excluding carboxylic acids is 1. The number of hydrogen-bond acceptors (Lipinski definition) is 4. The first kappa shape index (κ1) is 18.9. The molecule has 0 saturated heterocycles. The number of aliphatic carboxylic acids is 1. The van der Waals surface area contributed by atoms with E-state index in [4.69, 9.17) is 9.84 Å². The van der Waals surface area contributed by atoms with E-state index in [1.165, 1.54) is 0 Å². The Kier molecular flexibility index (Phi) is 6.47. The molecular formula is C19H21NO4S. The highest BCUT2D eigenvalue weighted by Gasteiger charge is 2.14. The molecular weight excluding hydrogens is 338 g/mol. The molecule has 0 aliphatic carbocycles. The third kappa shape index (κ3) is 5.53. The lowest BCUT2D eigenvalue weighted by atomic mass is 10.2. The van der Waals surface area contributed by atoms with Crippen LogP contribution in [0.4, 0.5) is 5.69 Å². The molecule has 0 atom stereocenters. The van der Waals surface area contributed by atoms with Crippen LogP contribution in [0.15, 0.2) is 53.4 Å². The highest BCUT2D eigenvalue weighted by molar-refractivity contribution is 7.99. The fraction of sp³-hybridized carbons (Fsp3) is 0.263. The van der Waals surface area contributed by atoms with Gasteiger partial charge in [-0.3, -0.25) is 4.79 Å². The quantitative estimate of drug-likeness (QED) is 0.759. The average Bonchev–Trinajstić information content (AvgIpc) is 2.59. The van der Waals surface area contributed by atoms with Crippen LogP contribution in [0.3, 0.4) is 0 Å². The van der Waals surface area contributed by atoms with E-state index in [1.54, 1.807) is 48.0 Å². The second-order valence-electron chi connectivity index (χ2n) is 5.73. The zero-order valence-electron chi connectivity index (χ0n) is 14.4. The van der Waals surface area contributed by atoms with Gasteiger partial charge in [-0.1, -0.05) is 13.8 Å². The summed E-state index contributed by atoms with van der Waals surface area (Å²) in [5, 5.41) is 9.10. The molecule has 0 spiro atoms. The molecule has 0 unspecified atom stereocenters. The van der Waals surface area contributed by atoms with Gasteiger partial charge in [0.15, 0.2) is 6.61 Å². The molecule has 1 N–H and O–H groups in total. The van der Waals surface area contributed by atoms with Crippen molar-refractivity contribution in [3.8, 4) is 5.75 Å². The summed E-state index contributed by atoms with van der Waals surface area (Å²) in [7, 11) is 1.70. The number of benzene rings is 2. The van der Waals surface area contributed by atoms with Gasteiger partial charge in [0.1, 0.15) is 5.75 Å². The van der Waals surface area contributed by atoms with E-state index in [9.17, 15) is 9.59 Å². The van der Waals surface area contributed by atoms with E-state index in [0.29, 0.717) is 22.3 Å². The number of nitrogens with zero attached hydrogens (tertiary/aromatic N) is 1. The maximum atomic E-state index is 12.6. The number of amides is 1. The number of ether oxygens (including phenoxy) is 1. The first-order chi connectivity index (χ1) is 11.9. The number of rotatable bonds is 7. The molecule has 0 saturated carbocycles. The lowest BCUT2D eigenvalue weighted by Crippen LogP contribution is -2.26. The van der Waals surface area contributed by atoms with Crippen LogP contribution in [0.5, 0.6) is 5.75 Å². The monoisotopic (exact) mass is 359 g/mol. The highest BCUT2D eigenvalue weighted by atomic mass is 32.2. The Labute approximate surface area is 151 Å². The van der Waals surface area contributed by atoms with E-state index in [1.807, 2.05) is 24.3 Å². The van der Waals surface area contributed by atoms with E-state index in [-0.39, 0.29) is 5.91 Å². The molecule has 1 amide bonds. The third-order valence-corrected chi connectivity index (χ3v) is 4.38. The van der Waals surface area contributed by atoms with Gasteiger partial charge in [-0.15, -0.1) is 11.8 Å². The highest BCUT2D eigenvalue weighted by Crippen LogP contribution is 2.24. The third-order valence-electron chi connectivity index (χ3n) is 3.36. The van der Waals surface area contributed by atoms with Gasteiger partial charge >= 0.3 is 5.97 Å². The molecule has 0 aliphatic heterocycles. The van der Waals surface area contributed by atoms with Crippen molar-refractivity contribution in [2.75, 3.05) is 18.6 Å². The number of carbonyl (C=O) groups is 2. The van der Waals surface area contributed by atoms with Crippen molar-refractivity contribution in [1.29, 1.82) is 0 Å². The number of carboxylic acid groups (broad SMARTS) is 1. The summed E-state index contributed by atoms with van der Waals surface area (Å²) in [6.07, 6.45) is 0. The Hall–Kier alpha value is -2.47. The van der Waals surface area contributed by atoms with E-state index < -0.39 is 12.6 Å². The van der Waals surface area contributed by atoms with Crippen molar-refractivity contribution in [3.05, 3.63) is 54.1 Å². The molecule has 0 heterocycles. The van der Waals surface area contributed by atoms with Crippen molar-refractivity contribution in [2.45, 2.75) is 24.0 Å². The molecule has 25 heavy (non-hydrogen) atoms. The number of thioether (sulfide) groups is 1. The van der Waals surface area contributed by atoms with Crippen molar-refractivity contribution in [3.63, 3.8) is 0 Å². The minimum absolute atomic E-state index is 0.111. The zero-order chi connectivity index (χ0) is 18.4. The predicted molar refractivity (Wildman–Crippen MR) is 99.7 cm³/mol. The molecule has 0 aromatic heterocycles. The van der Waals surface area contributed by atoms with Crippen LogP contribution in [-0.2, 0) is 4.79 Å². The van der Waals surface area contributed by atoms with Gasteiger partial charge in [0.2, 0.25) is 0 Å². The van der Waals surface area contributed by atoms with E-state index >= 15 is 0 Å². The SMILES string of the molecule is CC(C)Sc1ccc(C(=O)N(C)c2ccc(OCC(=O)O)cc2)cc1. The molecule has 132 valence electrons. The summed E-state index contributed by atoms with van der Waals surface area (Å²) >= 11 is 1.75. The van der Waals surface area contributed by atoms with Crippen LogP contribution < -0.4 is 9.64 Å². The first-order valence-electron chi connectivity index (χ1n) is 7.86.